The van der Waals surface area contributed by atoms with Gasteiger partial charge in [-0.1, -0.05) is 18.2 Å². The second-order valence-corrected chi connectivity index (χ2v) is 10.3. The van der Waals surface area contributed by atoms with Gasteiger partial charge in [0.2, 0.25) is 11.8 Å². The molecular formula is C26H36N4O3. The van der Waals surface area contributed by atoms with E-state index in [0.717, 1.165) is 48.2 Å². The number of nitrogens with one attached hydrogen (secondary N) is 2. The summed E-state index contributed by atoms with van der Waals surface area (Å²) in [5, 5.41) is 5.88. The molecule has 0 saturated carbocycles. The van der Waals surface area contributed by atoms with E-state index >= 15 is 0 Å². The van der Waals surface area contributed by atoms with Gasteiger partial charge in [0.1, 0.15) is 6.04 Å². The second kappa shape index (κ2) is 9.94. The first-order chi connectivity index (χ1) is 16.1. The first-order valence-electron chi connectivity index (χ1n) is 12.8. The molecule has 1 aromatic rings. The fraction of sp³-hybridized carbons (Fsp3) is 0.654. The number of hydrogen-bond acceptors (Lipinski definition) is 5. The molecular weight excluding hydrogens is 416 g/mol. The fourth-order valence-corrected chi connectivity index (χ4v) is 6.42. The molecule has 2 N–H and O–H groups in total. The van der Waals surface area contributed by atoms with Crippen LogP contribution < -0.4 is 10.6 Å². The fourth-order valence-electron chi connectivity index (χ4n) is 6.42. The van der Waals surface area contributed by atoms with E-state index in [2.05, 4.69) is 21.6 Å². The zero-order valence-electron chi connectivity index (χ0n) is 19.5. The summed E-state index contributed by atoms with van der Waals surface area (Å²) < 4.78 is 0. The summed E-state index contributed by atoms with van der Waals surface area (Å²) in [7, 11) is 0. The lowest BCUT2D eigenvalue weighted by Crippen LogP contribution is -2.52. The lowest BCUT2D eigenvalue weighted by molar-refractivity contribution is -0.136. The van der Waals surface area contributed by atoms with Gasteiger partial charge in [-0.25, -0.2) is 0 Å². The molecule has 0 bridgehead atoms. The zero-order valence-corrected chi connectivity index (χ0v) is 19.5. The lowest BCUT2D eigenvalue weighted by Gasteiger charge is -2.34. The molecule has 0 radical (unpaired) electrons. The van der Waals surface area contributed by atoms with Crippen LogP contribution in [0.4, 0.5) is 0 Å². The number of imide groups is 1. The van der Waals surface area contributed by atoms with Gasteiger partial charge >= 0.3 is 0 Å². The number of benzene rings is 1. The van der Waals surface area contributed by atoms with Crippen LogP contribution >= 0.6 is 0 Å². The van der Waals surface area contributed by atoms with Gasteiger partial charge in [-0.15, -0.1) is 0 Å². The smallest absolute Gasteiger partial charge is 0.255 e. The number of carbonyl (C=O) groups is 3. The van der Waals surface area contributed by atoms with E-state index in [0.29, 0.717) is 13.0 Å². The normalized spacial score (nSPS) is 26.1. The molecule has 1 atom stereocenters. The van der Waals surface area contributed by atoms with Crippen LogP contribution in [-0.4, -0.2) is 59.7 Å². The Bertz CT molecular complexity index is 901. The predicted octanol–water partition coefficient (Wildman–Crippen LogP) is 2.44. The van der Waals surface area contributed by atoms with Crippen LogP contribution in [0.1, 0.15) is 72.9 Å². The minimum atomic E-state index is -0.552. The van der Waals surface area contributed by atoms with Crippen molar-refractivity contribution in [3.8, 4) is 0 Å². The third-order valence-corrected chi connectivity index (χ3v) is 8.18. The molecule has 33 heavy (non-hydrogen) atoms. The molecule has 0 aromatic heterocycles. The third kappa shape index (κ3) is 4.85. The summed E-state index contributed by atoms with van der Waals surface area (Å²) in [5.74, 6) is 1.11. The van der Waals surface area contributed by atoms with Crippen molar-refractivity contribution in [2.75, 3.05) is 26.2 Å². The molecule has 0 aliphatic carbocycles. The molecule has 3 fully saturated rings. The van der Waals surface area contributed by atoms with Crippen molar-refractivity contribution >= 4 is 17.7 Å². The van der Waals surface area contributed by atoms with E-state index < -0.39 is 6.04 Å². The zero-order chi connectivity index (χ0) is 22.8. The van der Waals surface area contributed by atoms with Gasteiger partial charge in [0.15, 0.2) is 0 Å². The van der Waals surface area contributed by atoms with Crippen LogP contribution in [0.25, 0.3) is 0 Å². The number of amides is 3. The average Bonchev–Trinajstić information content (AvgIpc) is 3.13. The Morgan fingerprint density at radius 3 is 2.36 bits per heavy atom. The Balaban J connectivity index is 1.23. The molecule has 5 rings (SSSR count). The third-order valence-electron chi connectivity index (χ3n) is 8.18. The molecule has 7 nitrogen and oxygen atoms in total. The largest absolute Gasteiger partial charge is 0.322 e. The number of likely N-dealkylation sites (tertiary alicyclic amines) is 1. The number of nitrogens with zero attached hydrogens (tertiary/aromatic N) is 2. The monoisotopic (exact) mass is 452 g/mol. The molecule has 4 aliphatic rings. The van der Waals surface area contributed by atoms with E-state index in [1.165, 1.54) is 51.6 Å². The maximum absolute atomic E-state index is 13.4. The number of fused-ring (bicyclic) bond motifs is 1. The van der Waals surface area contributed by atoms with E-state index in [9.17, 15) is 14.4 Å². The number of piperidine rings is 2. The average molecular weight is 453 g/mol. The molecule has 1 aromatic carbocycles. The Morgan fingerprint density at radius 1 is 0.909 bits per heavy atom. The number of rotatable bonds is 4. The molecule has 178 valence electrons. The summed E-state index contributed by atoms with van der Waals surface area (Å²) in [6.07, 6.45) is 8.43. The maximum Gasteiger partial charge on any atom is 0.255 e. The molecule has 4 heterocycles. The van der Waals surface area contributed by atoms with Gasteiger partial charge in [-0.05, 0) is 94.1 Å². The van der Waals surface area contributed by atoms with E-state index in [1.54, 1.807) is 4.90 Å². The standard InChI is InChI=1S/C26H36N4O3/c31-23-9-8-22(25(32)28-23)30-17-21-5-1-4-20(24(21)26(30)33)16-29-14-2-6-18(7-3-15-29)19-10-12-27-13-11-19/h1,4-5,18-19,22,27H,2-3,6-17H2,(H,28,31,32). The number of hydrogen-bond donors (Lipinski definition) is 2. The summed E-state index contributed by atoms with van der Waals surface area (Å²) in [4.78, 5) is 41.4. The summed E-state index contributed by atoms with van der Waals surface area (Å²) in [6, 6.07) is 5.55. The Hall–Kier alpha value is -2.25. The van der Waals surface area contributed by atoms with Crippen molar-refractivity contribution in [2.45, 2.75) is 70.5 Å². The van der Waals surface area contributed by atoms with Gasteiger partial charge in [0, 0.05) is 25.1 Å². The molecule has 0 spiro atoms. The van der Waals surface area contributed by atoms with Crippen molar-refractivity contribution < 1.29 is 14.4 Å². The van der Waals surface area contributed by atoms with E-state index in [-0.39, 0.29) is 24.1 Å². The molecule has 7 heteroatoms. The first-order valence-corrected chi connectivity index (χ1v) is 12.8. The van der Waals surface area contributed by atoms with E-state index in [1.807, 2.05) is 12.1 Å². The van der Waals surface area contributed by atoms with Gasteiger partial charge in [-0.3, -0.25) is 24.6 Å². The Labute approximate surface area is 196 Å². The molecule has 4 aliphatic heterocycles. The van der Waals surface area contributed by atoms with Crippen molar-refractivity contribution in [1.82, 2.24) is 20.4 Å². The maximum atomic E-state index is 13.4. The van der Waals surface area contributed by atoms with Crippen molar-refractivity contribution in [3.05, 3.63) is 34.9 Å². The highest BCUT2D eigenvalue weighted by Gasteiger charge is 2.40. The number of carbonyl (C=O) groups excluding carboxylic acids is 3. The lowest BCUT2D eigenvalue weighted by atomic mass is 9.79. The predicted molar refractivity (Wildman–Crippen MR) is 125 cm³/mol. The SMILES string of the molecule is O=C1CCC(N2Cc3cccc(CN4CCCC(C5CCNCC5)CCC4)c3C2=O)C(=O)N1. The van der Waals surface area contributed by atoms with E-state index in [4.69, 9.17) is 0 Å². The van der Waals surface area contributed by atoms with Crippen LogP contribution in [-0.2, 0) is 22.7 Å². The summed E-state index contributed by atoms with van der Waals surface area (Å²) in [5.41, 5.74) is 2.85. The quantitative estimate of drug-likeness (QED) is 0.686. The minimum absolute atomic E-state index is 0.0619. The molecule has 3 saturated heterocycles. The summed E-state index contributed by atoms with van der Waals surface area (Å²) in [6.45, 7) is 5.75. The minimum Gasteiger partial charge on any atom is -0.322 e. The Kier molecular flexibility index (Phi) is 6.79. The van der Waals surface area contributed by atoms with Crippen LogP contribution in [0.3, 0.4) is 0 Å². The van der Waals surface area contributed by atoms with Gasteiger partial charge < -0.3 is 10.2 Å². The van der Waals surface area contributed by atoms with Crippen LogP contribution in [0.5, 0.6) is 0 Å². The highest BCUT2D eigenvalue weighted by atomic mass is 16.2. The Morgan fingerprint density at radius 2 is 1.64 bits per heavy atom. The van der Waals surface area contributed by atoms with Crippen LogP contribution in [0, 0.1) is 11.8 Å². The first kappa shape index (κ1) is 22.5. The topological polar surface area (TPSA) is 81.8 Å². The summed E-state index contributed by atoms with van der Waals surface area (Å²) >= 11 is 0. The van der Waals surface area contributed by atoms with Crippen molar-refractivity contribution in [1.29, 1.82) is 0 Å². The second-order valence-electron chi connectivity index (χ2n) is 10.3. The molecule has 1 unspecified atom stereocenters. The van der Waals surface area contributed by atoms with Crippen LogP contribution in [0.15, 0.2) is 18.2 Å². The highest BCUT2D eigenvalue weighted by molar-refractivity contribution is 6.05. The van der Waals surface area contributed by atoms with Crippen molar-refractivity contribution in [3.63, 3.8) is 0 Å². The van der Waals surface area contributed by atoms with Gasteiger partial charge in [-0.2, -0.15) is 0 Å². The van der Waals surface area contributed by atoms with Crippen LogP contribution in [0.2, 0.25) is 0 Å². The van der Waals surface area contributed by atoms with Crippen molar-refractivity contribution in [2.24, 2.45) is 11.8 Å². The van der Waals surface area contributed by atoms with Gasteiger partial charge in [0.25, 0.3) is 5.91 Å². The molecule has 3 amide bonds. The van der Waals surface area contributed by atoms with Gasteiger partial charge in [0.05, 0.1) is 0 Å². The highest BCUT2D eigenvalue weighted by Crippen LogP contribution is 2.33.